The van der Waals surface area contributed by atoms with Gasteiger partial charge in [0.25, 0.3) is 5.91 Å². The molecule has 12 heteroatoms. The van der Waals surface area contributed by atoms with Crippen LogP contribution in [0.4, 0.5) is 10.5 Å². The van der Waals surface area contributed by atoms with Crippen molar-refractivity contribution in [1.29, 1.82) is 0 Å². The molecule has 168 valence electrons. The molecule has 4 rings (SSSR count). The Morgan fingerprint density at radius 1 is 1.00 bits per heavy atom. The summed E-state index contributed by atoms with van der Waals surface area (Å²) in [5, 5.41) is 5.14. The number of thiocarbonyl (C=S) groups is 1. The number of nitrogens with zero attached hydrogens (tertiary/aromatic N) is 1. The summed E-state index contributed by atoms with van der Waals surface area (Å²) in [4.78, 5) is 25.4. The molecular formula is C21H11Cl4N3O3S2. The van der Waals surface area contributed by atoms with Gasteiger partial charge in [-0.3, -0.25) is 4.79 Å². The highest BCUT2D eigenvalue weighted by Crippen LogP contribution is 2.35. The van der Waals surface area contributed by atoms with E-state index in [9.17, 15) is 9.59 Å². The molecule has 3 amide bonds. The number of furan rings is 1. The number of carbonyl (C=O) groups excluding carboxylic acids is 2. The zero-order valence-electron chi connectivity index (χ0n) is 16.2. The summed E-state index contributed by atoms with van der Waals surface area (Å²) in [5.41, 5.74) is 3.43. The summed E-state index contributed by atoms with van der Waals surface area (Å²) >= 11 is 30.3. The van der Waals surface area contributed by atoms with E-state index in [0.717, 1.165) is 16.8 Å². The number of halogens is 4. The van der Waals surface area contributed by atoms with E-state index in [1.54, 1.807) is 36.4 Å². The maximum Gasteiger partial charge on any atom is 0.338 e. The van der Waals surface area contributed by atoms with Gasteiger partial charge in [-0.15, -0.1) is 0 Å². The van der Waals surface area contributed by atoms with Gasteiger partial charge in [0, 0.05) is 22.3 Å². The lowest BCUT2D eigenvalue weighted by Gasteiger charge is -2.16. The molecular weight excluding hydrogens is 548 g/mol. The predicted molar refractivity (Wildman–Crippen MR) is 138 cm³/mol. The molecule has 0 unspecified atom stereocenters. The summed E-state index contributed by atoms with van der Waals surface area (Å²) in [6, 6.07) is 12.3. The molecule has 0 aliphatic carbocycles. The van der Waals surface area contributed by atoms with E-state index in [4.69, 9.17) is 63.0 Å². The highest BCUT2D eigenvalue weighted by Gasteiger charge is 2.34. The molecule has 2 heterocycles. The number of thioether (sulfide) groups is 1. The fourth-order valence-electron chi connectivity index (χ4n) is 2.79. The smallest absolute Gasteiger partial charge is 0.338 e. The maximum atomic E-state index is 12.8. The highest BCUT2D eigenvalue weighted by atomic mass is 35.5. The molecule has 0 bridgehead atoms. The number of urea groups is 1. The average molecular weight is 559 g/mol. The zero-order chi connectivity index (χ0) is 23.7. The maximum absolute atomic E-state index is 12.8. The quantitative estimate of drug-likeness (QED) is 0.256. The molecule has 0 saturated carbocycles. The van der Waals surface area contributed by atoms with Crippen LogP contribution >= 0.6 is 70.4 Å². The molecule has 3 aromatic rings. The van der Waals surface area contributed by atoms with E-state index < -0.39 is 11.9 Å². The zero-order valence-corrected chi connectivity index (χ0v) is 20.9. The summed E-state index contributed by atoms with van der Waals surface area (Å²) < 4.78 is 5.95. The SMILES string of the molecule is O=C(Nc1ccc(Cl)c(Cl)c1)NN1C(=O)/C(=C\c2ccc(-c3cc(Cl)ccc3Cl)o2)SC1=S. The number of benzene rings is 2. The Labute approximate surface area is 217 Å². The third kappa shape index (κ3) is 5.48. The van der Waals surface area contributed by atoms with Gasteiger partial charge in [-0.2, -0.15) is 5.01 Å². The van der Waals surface area contributed by atoms with Crippen molar-refractivity contribution in [2.24, 2.45) is 0 Å². The Bertz CT molecular complexity index is 1330. The van der Waals surface area contributed by atoms with Crippen LogP contribution in [0, 0.1) is 0 Å². The molecule has 1 aliphatic rings. The summed E-state index contributed by atoms with van der Waals surface area (Å²) in [6.07, 6.45) is 1.53. The van der Waals surface area contributed by atoms with Crippen molar-refractivity contribution >= 4 is 98.4 Å². The second-order valence-electron chi connectivity index (χ2n) is 6.54. The van der Waals surface area contributed by atoms with Crippen LogP contribution < -0.4 is 10.7 Å². The van der Waals surface area contributed by atoms with Crippen LogP contribution in [0.2, 0.25) is 20.1 Å². The van der Waals surface area contributed by atoms with E-state index in [0.29, 0.717) is 37.8 Å². The van der Waals surface area contributed by atoms with Crippen LogP contribution in [0.3, 0.4) is 0 Å². The normalized spacial score (nSPS) is 14.8. The second-order valence-corrected chi connectivity index (χ2v) is 9.87. The van der Waals surface area contributed by atoms with Crippen LogP contribution in [-0.4, -0.2) is 21.3 Å². The fraction of sp³-hybridized carbons (Fsp3) is 0. The monoisotopic (exact) mass is 557 g/mol. The summed E-state index contributed by atoms with van der Waals surface area (Å²) in [6.45, 7) is 0. The minimum Gasteiger partial charge on any atom is -0.457 e. The number of hydrogen-bond donors (Lipinski definition) is 2. The number of amides is 3. The van der Waals surface area contributed by atoms with Gasteiger partial charge in [0.15, 0.2) is 4.32 Å². The molecule has 1 saturated heterocycles. The molecule has 2 aromatic carbocycles. The number of rotatable bonds is 4. The lowest BCUT2D eigenvalue weighted by Crippen LogP contribution is -2.46. The summed E-state index contributed by atoms with van der Waals surface area (Å²) in [7, 11) is 0. The molecule has 1 fully saturated rings. The Balaban J connectivity index is 1.46. The van der Waals surface area contributed by atoms with Gasteiger partial charge in [-0.25, -0.2) is 10.2 Å². The van der Waals surface area contributed by atoms with Crippen LogP contribution in [0.25, 0.3) is 17.4 Å². The molecule has 33 heavy (non-hydrogen) atoms. The van der Waals surface area contributed by atoms with E-state index in [1.807, 2.05) is 0 Å². The number of hydrazine groups is 1. The van der Waals surface area contributed by atoms with Crippen molar-refractivity contribution in [3.05, 3.63) is 79.3 Å². The Morgan fingerprint density at radius 2 is 1.76 bits per heavy atom. The predicted octanol–water partition coefficient (Wildman–Crippen LogP) is 7.50. The van der Waals surface area contributed by atoms with E-state index >= 15 is 0 Å². The molecule has 0 atom stereocenters. The molecule has 6 nitrogen and oxygen atoms in total. The van der Waals surface area contributed by atoms with Crippen molar-refractivity contribution in [1.82, 2.24) is 10.4 Å². The topological polar surface area (TPSA) is 74.6 Å². The fourth-order valence-corrected chi connectivity index (χ4v) is 4.63. The summed E-state index contributed by atoms with van der Waals surface area (Å²) in [5.74, 6) is 0.387. The first-order chi connectivity index (χ1) is 15.7. The Hall–Kier alpha value is -2.20. The largest absolute Gasteiger partial charge is 0.457 e. The van der Waals surface area contributed by atoms with Gasteiger partial charge in [-0.1, -0.05) is 58.2 Å². The lowest BCUT2D eigenvalue weighted by molar-refractivity contribution is -0.123. The third-order valence-electron chi connectivity index (χ3n) is 4.28. The van der Waals surface area contributed by atoms with E-state index in [-0.39, 0.29) is 14.2 Å². The number of carbonyl (C=O) groups is 2. The lowest BCUT2D eigenvalue weighted by atomic mass is 10.2. The van der Waals surface area contributed by atoms with Crippen molar-refractivity contribution in [3.8, 4) is 11.3 Å². The first kappa shape index (κ1) is 23.9. The van der Waals surface area contributed by atoms with Crippen LogP contribution in [-0.2, 0) is 4.79 Å². The van der Waals surface area contributed by atoms with Gasteiger partial charge < -0.3 is 9.73 Å². The minimum absolute atomic E-state index is 0.153. The van der Waals surface area contributed by atoms with Crippen LogP contribution in [0.1, 0.15) is 5.76 Å². The Kier molecular flexibility index (Phi) is 7.23. The average Bonchev–Trinajstić information content (AvgIpc) is 3.33. The van der Waals surface area contributed by atoms with Gasteiger partial charge >= 0.3 is 6.03 Å². The van der Waals surface area contributed by atoms with Gasteiger partial charge in [0.05, 0.1) is 20.0 Å². The standard InChI is InChI=1S/C21H11Cl4N3O3S2/c22-10-1-4-14(23)13(7-10)17-6-3-12(31-17)9-18-19(29)28(21(32)33-18)27-20(30)26-11-2-5-15(24)16(25)8-11/h1-9H,(H2,26,27,30)/b18-9+. The van der Waals surface area contributed by atoms with Gasteiger partial charge in [-0.05, 0) is 60.7 Å². The first-order valence-corrected chi connectivity index (χ1v) is 11.8. The van der Waals surface area contributed by atoms with Crippen molar-refractivity contribution in [2.45, 2.75) is 0 Å². The van der Waals surface area contributed by atoms with Gasteiger partial charge in [0.1, 0.15) is 11.5 Å². The van der Waals surface area contributed by atoms with Crippen LogP contribution in [0.5, 0.6) is 0 Å². The highest BCUT2D eigenvalue weighted by molar-refractivity contribution is 8.26. The van der Waals surface area contributed by atoms with Crippen molar-refractivity contribution < 1.29 is 14.0 Å². The molecule has 2 N–H and O–H groups in total. The van der Waals surface area contributed by atoms with Crippen LogP contribution in [0.15, 0.2) is 57.9 Å². The first-order valence-electron chi connectivity index (χ1n) is 9.07. The molecule has 1 aliphatic heterocycles. The number of hydrogen-bond acceptors (Lipinski definition) is 5. The second kappa shape index (κ2) is 9.97. The van der Waals surface area contributed by atoms with Crippen molar-refractivity contribution in [3.63, 3.8) is 0 Å². The molecule has 1 aromatic heterocycles. The van der Waals surface area contributed by atoms with E-state index in [2.05, 4.69) is 10.7 Å². The third-order valence-corrected chi connectivity index (χ3v) is 6.88. The molecule has 0 radical (unpaired) electrons. The Morgan fingerprint density at radius 3 is 2.52 bits per heavy atom. The van der Waals surface area contributed by atoms with Gasteiger partial charge in [0.2, 0.25) is 0 Å². The molecule has 0 spiro atoms. The number of nitrogens with one attached hydrogen (secondary N) is 2. The minimum atomic E-state index is -0.679. The van der Waals surface area contributed by atoms with E-state index in [1.165, 1.54) is 18.2 Å². The van der Waals surface area contributed by atoms with Crippen molar-refractivity contribution in [2.75, 3.05) is 5.32 Å². The number of anilines is 1.